The number of hydrogen-bond donors (Lipinski definition) is 3. The van der Waals surface area contributed by atoms with Gasteiger partial charge < -0.3 is 20.9 Å². The van der Waals surface area contributed by atoms with Crippen LogP contribution in [0, 0.1) is 0 Å². The van der Waals surface area contributed by atoms with Gasteiger partial charge >= 0.3 is 0 Å². The van der Waals surface area contributed by atoms with Crippen LogP contribution >= 0.6 is 11.6 Å². The fraction of sp³-hybridized carbons (Fsp3) is 0.217. The summed E-state index contributed by atoms with van der Waals surface area (Å²) in [4.78, 5) is 22.3. The molecule has 0 aliphatic carbocycles. The fourth-order valence-electron chi connectivity index (χ4n) is 4.15. The number of nitrogen functional groups attached to an aromatic ring is 1. The molecule has 2 aromatic heterocycles. The lowest BCUT2D eigenvalue weighted by atomic mass is 10.1. The molecule has 0 saturated carbocycles. The molecular formula is C23H22ClN5O. The van der Waals surface area contributed by atoms with Crippen molar-refractivity contribution < 1.29 is 4.79 Å². The number of pyridine rings is 1. The molecule has 1 atom stereocenters. The summed E-state index contributed by atoms with van der Waals surface area (Å²) in [5, 5.41) is 7.17. The Bertz CT molecular complexity index is 1250. The van der Waals surface area contributed by atoms with Gasteiger partial charge in [0.05, 0.1) is 17.9 Å². The molecule has 1 aliphatic heterocycles. The van der Waals surface area contributed by atoms with Gasteiger partial charge in [-0.3, -0.25) is 9.78 Å². The number of benzene rings is 2. The molecule has 1 fully saturated rings. The molecule has 1 aliphatic rings. The van der Waals surface area contributed by atoms with Crippen molar-refractivity contribution in [1.29, 1.82) is 0 Å². The number of nitrogens with one attached hydrogen (secondary N) is 2. The summed E-state index contributed by atoms with van der Waals surface area (Å²) in [7, 11) is 0. The molecule has 30 heavy (non-hydrogen) atoms. The predicted octanol–water partition coefficient (Wildman–Crippen LogP) is 3.84. The monoisotopic (exact) mass is 419 g/mol. The van der Waals surface area contributed by atoms with E-state index in [-0.39, 0.29) is 11.9 Å². The van der Waals surface area contributed by atoms with Gasteiger partial charge in [-0.05, 0) is 42.3 Å². The van der Waals surface area contributed by atoms with Gasteiger partial charge in [0.1, 0.15) is 0 Å². The molecule has 0 bridgehead atoms. The van der Waals surface area contributed by atoms with Crippen molar-refractivity contribution in [1.82, 2.24) is 20.2 Å². The normalized spacial score (nSPS) is 16.8. The summed E-state index contributed by atoms with van der Waals surface area (Å²) < 4.78 is 0. The highest BCUT2D eigenvalue weighted by Crippen LogP contribution is 2.23. The maximum atomic E-state index is 12.9. The summed E-state index contributed by atoms with van der Waals surface area (Å²) >= 11 is 6.06. The lowest BCUT2D eigenvalue weighted by molar-refractivity contribution is -0.129. The lowest BCUT2D eigenvalue weighted by Gasteiger charge is -2.17. The lowest BCUT2D eigenvalue weighted by Crippen LogP contribution is -2.37. The first kappa shape index (κ1) is 18.9. The number of anilines is 1. The highest BCUT2D eigenvalue weighted by molar-refractivity contribution is 6.31. The van der Waals surface area contributed by atoms with Gasteiger partial charge in [-0.1, -0.05) is 23.7 Å². The molecule has 3 heterocycles. The van der Waals surface area contributed by atoms with E-state index in [1.54, 1.807) is 12.4 Å². The van der Waals surface area contributed by atoms with Gasteiger partial charge in [0.2, 0.25) is 5.91 Å². The number of carbonyl (C=O) groups excluding carboxylic acids is 1. The van der Waals surface area contributed by atoms with E-state index in [1.807, 2.05) is 35.2 Å². The minimum Gasteiger partial charge on any atom is -0.397 e. The number of rotatable bonds is 5. The number of nitrogens with two attached hydrogens (primary N) is 1. The zero-order valence-corrected chi connectivity index (χ0v) is 17.1. The van der Waals surface area contributed by atoms with E-state index in [2.05, 4.69) is 27.4 Å². The fourth-order valence-corrected chi connectivity index (χ4v) is 4.33. The highest BCUT2D eigenvalue weighted by atomic mass is 35.5. The molecule has 0 unspecified atom stereocenters. The first-order chi connectivity index (χ1) is 14.6. The summed E-state index contributed by atoms with van der Waals surface area (Å²) in [5.74, 6) is 0.139. The van der Waals surface area contributed by atoms with E-state index in [9.17, 15) is 4.79 Å². The van der Waals surface area contributed by atoms with Crippen LogP contribution in [-0.2, 0) is 17.9 Å². The maximum absolute atomic E-state index is 12.9. The third-order valence-corrected chi connectivity index (χ3v) is 5.94. The average Bonchev–Trinajstić information content (AvgIpc) is 3.29. The molecule has 2 aromatic carbocycles. The standard InChI is InChI=1S/C23H22ClN5O/c24-17-2-4-21-15(8-17)9-18(28-21)11-27-22-5-6-29(23(22)30)13-14-1-3-19-16(7-14)10-26-12-20(19)25/h1-4,7-10,12,22,27-28H,5-6,11,13,25H2/t22-/m0/s1. The largest absolute Gasteiger partial charge is 0.397 e. The summed E-state index contributed by atoms with van der Waals surface area (Å²) in [6.07, 6.45) is 4.26. The van der Waals surface area contributed by atoms with E-state index >= 15 is 0 Å². The number of aromatic nitrogens is 2. The number of carbonyl (C=O) groups is 1. The van der Waals surface area contributed by atoms with Crippen LogP contribution < -0.4 is 11.1 Å². The van der Waals surface area contributed by atoms with Crippen molar-refractivity contribution in [2.45, 2.75) is 25.6 Å². The van der Waals surface area contributed by atoms with Crippen LogP contribution in [0.3, 0.4) is 0 Å². The molecule has 6 nitrogen and oxygen atoms in total. The van der Waals surface area contributed by atoms with Gasteiger partial charge in [-0.2, -0.15) is 0 Å². The number of H-pyrrole nitrogens is 1. The summed E-state index contributed by atoms with van der Waals surface area (Å²) in [6, 6.07) is 13.8. The first-order valence-corrected chi connectivity index (χ1v) is 10.4. The second-order valence-electron chi connectivity index (χ2n) is 7.79. The minimum absolute atomic E-state index is 0.139. The van der Waals surface area contributed by atoms with Crippen molar-refractivity contribution in [3.05, 3.63) is 71.1 Å². The molecule has 7 heteroatoms. The van der Waals surface area contributed by atoms with Crippen LogP contribution in [0.25, 0.3) is 21.7 Å². The summed E-state index contributed by atoms with van der Waals surface area (Å²) in [5.41, 5.74) is 9.81. The summed E-state index contributed by atoms with van der Waals surface area (Å²) in [6.45, 7) is 1.94. The number of fused-ring (bicyclic) bond motifs is 2. The topological polar surface area (TPSA) is 87.0 Å². The van der Waals surface area contributed by atoms with Crippen LogP contribution in [0.15, 0.2) is 54.9 Å². The zero-order valence-electron chi connectivity index (χ0n) is 16.4. The Hall–Kier alpha value is -3.09. The second kappa shape index (κ2) is 7.63. The van der Waals surface area contributed by atoms with Crippen molar-refractivity contribution in [2.75, 3.05) is 12.3 Å². The number of halogens is 1. The van der Waals surface area contributed by atoms with E-state index in [0.29, 0.717) is 18.8 Å². The Balaban J connectivity index is 1.23. The van der Waals surface area contributed by atoms with E-state index in [0.717, 1.165) is 50.9 Å². The maximum Gasteiger partial charge on any atom is 0.240 e. The SMILES string of the molecule is Nc1cncc2cc(CN3CC[C@H](NCc4cc5cc(Cl)ccc5[nH]4)C3=O)ccc12. The Morgan fingerprint density at radius 3 is 2.97 bits per heavy atom. The van der Waals surface area contributed by atoms with Crippen LogP contribution in [-0.4, -0.2) is 33.4 Å². The van der Waals surface area contributed by atoms with Crippen molar-refractivity contribution in [2.24, 2.45) is 0 Å². The first-order valence-electron chi connectivity index (χ1n) is 9.98. The Kier molecular flexibility index (Phi) is 4.81. The number of nitrogens with zero attached hydrogens (tertiary/aromatic N) is 2. The predicted molar refractivity (Wildman–Crippen MR) is 120 cm³/mol. The van der Waals surface area contributed by atoms with Gasteiger partial charge in [-0.15, -0.1) is 0 Å². The van der Waals surface area contributed by atoms with Crippen LogP contribution in [0.1, 0.15) is 17.7 Å². The molecule has 0 spiro atoms. The van der Waals surface area contributed by atoms with Gasteiger partial charge in [0.25, 0.3) is 0 Å². The zero-order chi connectivity index (χ0) is 20.7. The smallest absolute Gasteiger partial charge is 0.240 e. The Morgan fingerprint density at radius 2 is 2.07 bits per heavy atom. The second-order valence-corrected chi connectivity index (χ2v) is 8.23. The van der Waals surface area contributed by atoms with Crippen LogP contribution in [0.2, 0.25) is 5.02 Å². The number of hydrogen-bond acceptors (Lipinski definition) is 4. The molecule has 1 saturated heterocycles. The third kappa shape index (κ3) is 3.60. The van der Waals surface area contributed by atoms with Crippen molar-refractivity contribution >= 4 is 44.9 Å². The Morgan fingerprint density at radius 1 is 1.17 bits per heavy atom. The van der Waals surface area contributed by atoms with E-state index < -0.39 is 0 Å². The molecule has 4 aromatic rings. The Labute approximate surface area is 179 Å². The van der Waals surface area contributed by atoms with E-state index in [1.165, 1.54) is 0 Å². The minimum atomic E-state index is -0.169. The van der Waals surface area contributed by atoms with Gasteiger partial charge in [-0.25, -0.2) is 0 Å². The number of aromatic amines is 1. The number of likely N-dealkylation sites (tertiary alicyclic amines) is 1. The molecule has 1 amide bonds. The molecule has 5 rings (SSSR count). The van der Waals surface area contributed by atoms with Crippen LogP contribution in [0.4, 0.5) is 5.69 Å². The highest BCUT2D eigenvalue weighted by Gasteiger charge is 2.31. The molecular weight excluding hydrogens is 398 g/mol. The quantitative estimate of drug-likeness (QED) is 0.458. The third-order valence-electron chi connectivity index (χ3n) is 5.70. The molecule has 152 valence electrons. The molecule has 0 radical (unpaired) electrons. The van der Waals surface area contributed by atoms with Gasteiger partial charge in [0.15, 0.2) is 0 Å². The van der Waals surface area contributed by atoms with Gasteiger partial charge in [0, 0.05) is 58.2 Å². The molecule has 4 N–H and O–H groups in total. The number of amides is 1. The van der Waals surface area contributed by atoms with E-state index in [4.69, 9.17) is 17.3 Å². The average molecular weight is 420 g/mol. The van der Waals surface area contributed by atoms with Crippen molar-refractivity contribution in [3.8, 4) is 0 Å². The van der Waals surface area contributed by atoms with Crippen molar-refractivity contribution in [3.63, 3.8) is 0 Å². The van der Waals surface area contributed by atoms with Crippen LogP contribution in [0.5, 0.6) is 0 Å².